The molecule has 1 aromatic rings. The van der Waals surface area contributed by atoms with Gasteiger partial charge in [0.2, 0.25) is 5.91 Å². The predicted octanol–water partition coefficient (Wildman–Crippen LogP) is 3.85. The summed E-state index contributed by atoms with van der Waals surface area (Å²) >= 11 is 0. The van der Waals surface area contributed by atoms with Crippen LogP contribution in [0, 0.1) is 17.6 Å². The van der Waals surface area contributed by atoms with Crippen molar-refractivity contribution >= 4 is 35.8 Å². The third-order valence-corrected chi connectivity index (χ3v) is 4.95. The van der Waals surface area contributed by atoms with E-state index >= 15 is 0 Å². The van der Waals surface area contributed by atoms with Gasteiger partial charge in [-0.05, 0) is 43.4 Å². The molecule has 0 bridgehead atoms. The maximum atomic E-state index is 13.5. The van der Waals surface area contributed by atoms with Gasteiger partial charge < -0.3 is 15.5 Å². The minimum absolute atomic E-state index is 0. The Labute approximate surface area is 183 Å². The summed E-state index contributed by atoms with van der Waals surface area (Å²) in [6, 6.07) is 3.55. The number of aliphatic imine (C=N–C) groups is 1. The summed E-state index contributed by atoms with van der Waals surface area (Å²) in [5, 5.41) is 6.50. The SMILES string of the molecule is CC(NC(=NCC(=O)N(C)C)NCC1CCCCC1)c1ccc(F)c(F)c1.I. The highest BCUT2D eigenvalue weighted by Gasteiger charge is 2.16. The van der Waals surface area contributed by atoms with E-state index in [1.807, 2.05) is 6.92 Å². The van der Waals surface area contributed by atoms with E-state index in [2.05, 4.69) is 15.6 Å². The lowest BCUT2D eigenvalue weighted by Crippen LogP contribution is -2.42. The summed E-state index contributed by atoms with van der Waals surface area (Å²) in [5.41, 5.74) is 0.611. The quantitative estimate of drug-likeness (QED) is 0.349. The van der Waals surface area contributed by atoms with Crippen molar-refractivity contribution in [2.24, 2.45) is 10.9 Å². The van der Waals surface area contributed by atoms with Gasteiger partial charge in [-0.25, -0.2) is 13.8 Å². The van der Waals surface area contributed by atoms with Gasteiger partial charge in [0, 0.05) is 20.6 Å². The molecule has 1 unspecified atom stereocenters. The first-order valence-corrected chi connectivity index (χ1v) is 9.56. The van der Waals surface area contributed by atoms with Crippen LogP contribution in [0.3, 0.4) is 0 Å². The molecule has 1 aromatic carbocycles. The Bertz CT molecular complexity index is 664. The number of carbonyl (C=O) groups is 1. The summed E-state index contributed by atoms with van der Waals surface area (Å²) < 4.78 is 26.7. The number of halogens is 3. The van der Waals surface area contributed by atoms with Gasteiger partial charge in [-0.2, -0.15) is 0 Å². The molecule has 0 saturated heterocycles. The number of nitrogens with one attached hydrogen (secondary N) is 2. The van der Waals surface area contributed by atoms with E-state index in [9.17, 15) is 13.6 Å². The van der Waals surface area contributed by atoms with Crippen molar-refractivity contribution in [2.45, 2.75) is 45.1 Å². The molecule has 2 rings (SSSR count). The van der Waals surface area contributed by atoms with Crippen LogP contribution in [0.5, 0.6) is 0 Å². The molecule has 0 heterocycles. The van der Waals surface area contributed by atoms with Crippen LogP contribution >= 0.6 is 24.0 Å². The molecule has 158 valence electrons. The summed E-state index contributed by atoms with van der Waals surface area (Å²) in [6.07, 6.45) is 6.17. The number of hydrogen-bond acceptors (Lipinski definition) is 2. The monoisotopic (exact) mass is 508 g/mol. The second kappa shape index (κ2) is 12.2. The van der Waals surface area contributed by atoms with Crippen LogP contribution in [0.1, 0.15) is 50.6 Å². The van der Waals surface area contributed by atoms with Gasteiger partial charge >= 0.3 is 0 Å². The molecule has 2 N–H and O–H groups in total. The molecule has 0 radical (unpaired) electrons. The van der Waals surface area contributed by atoms with Gasteiger partial charge in [0.25, 0.3) is 0 Å². The Morgan fingerprint density at radius 3 is 2.50 bits per heavy atom. The van der Waals surface area contributed by atoms with Crippen molar-refractivity contribution < 1.29 is 13.6 Å². The van der Waals surface area contributed by atoms with Gasteiger partial charge in [-0.1, -0.05) is 25.3 Å². The van der Waals surface area contributed by atoms with E-state index in [1.165, 1.54) is 43.1 Å². The maximum Gasteiger partial charge on any atom is 0.243 e. The summed E-state index contributed by atoms with van der Waals surface area (Å²) in [5.74, 6) is -0.749. The van der Waals surface area contributed by atoms with Crippen molar-refractivity contribution in [1.29, 1.82) is 0 Å². The Hall–Kier alpha value is -1.45. The highest BCUT2D eigenvalue weighted by atomic mass is 127. The van der Waals surface area contributed by atoms with E-state index in [-0.39, 0.29) is 42.5 Å². The first-order chi connectivity index (χ1) is 12.9. The Morgan fingerprint density at radius 1 is 1.21 bits per heavy atom. The zero-order valence-electron chi connectivity index (χ0n) is 16.8. The molecule has 1 saturated carbocycles. The lowest BCUT2D eigenvalue weighted by atomic mass is 9.89. The standard InChI is InChI=1S/C20H30F2N4O.HI/c1-14(16-9-10-17(21)18(22)11-16)25-20(24-13-19(27)26(2)3)23-12-15-7-5-4-6-8-15;/h9-11,14-15H,4-8,12-13H2,1-3H3,(H2,23,24,25);1H. The molecule has 0 aliphatic heterocycles. The molecular formula is C20H31F2IN4O. The van der Waals surface area contributed by atoms with Gasteiger partial charge in [-0.15, -0.1) is 24.0 Å². The number of amides is 1. The van der Waals surface area contributed by atoms with E-state index in [4.69, 9.17) is 0 Å². The van der Waals surface area contributed by atoms with Crippen molar-refractivity contribution in [1.82, 2.24) is 15.5 Å². The Kier molecular flexibility index (Phi) is 10.7. The lowest BCUT2D eigenvalue weighted by molar-refractivity contribution is -0.127. The summed E-state index contributed by atoms with van der Waals surface area (Å²) in [4.78, 5) is 17.7. The lowest BCUT2D eigenvalue weighted by Gasteiger charge is -2.24. The topological polar surface area (TPSA) is 56.7 Å². The second-order valence-electron chi connectivity index (χ2n) is 7.38. The van der Waals surface area contributed by atoms with E-state index in [0.717, 1.165) is 12.6 Å². The fourth-order valence-corrected chi connectivity index (χ4v) is 3.14. The average molecular weight is 508 g/mol. The van der Waals surface area contributed by atoms with Crippen LogP contribution in [0.15, 0.2) is 23.2 Å². The fraction of sp³-hybridized carbons (Fsp3) is 0.600. The molecule has 0 spiro atoms. The highest BCUT2D eigenvalue weighted by Crippen LogP contribution is 2.22. The van der Waals surface area contributed by atoms with Crippen LogP contribution in [0.25, 0.3) is 0 Å². The molecule has 28 heavy (non-hydrogen) atoms. The third-order valence-electron chi connectivity index (χ3n) is 4.95. The average Bonchev–Trinajstić information content (AvgIpc) is 2.66. The van der Waals surface area contributed by atoms with E-state index < -0.39 is 11.6 Å². The number of hydrogen-bond donors (Lipinski definition) is 2. The third kappa shape index (κ3) is 7.89. The van der Waals surface area contributed by atoms with Gasteiger partial charge in [0.05, 0.1) is 6.04 Å². The molecule has 1 atom stereocenters. The minimum Gasteiger partial charge on any atom is -0.356 e. The first-order valence-electron chi connectivity index (χ1n) is 9.56. The van der Waals surface area contributed by atoms with E-state index in [0.29, 0.717) is 17.4 Å². The van der Waals surface area contributed by atoms with Crippen LogP contribution in [0.4, 0.5) is 8.78 Å². The minimum atomic E-state index is -0.877. The highest BCUT2D eigenvalue weighted by molar-refractivity contribution is 14.0. The molecule has 8 heteroatoms. The number of benzene rings is 1. The van der Waals surface area contributed by atoms with Crippen molar-refractivity contribution in [2.75, 3.05) is 27.2 Å². The molecule has 1 aliphatic rings. The van der Waals surface area contributed by atoms with Crippen molar-refractivity contribution in [3.63, 3.8) is 0 Å². The Balaban J connectivity index is 0.00000392. The van der Waals surface area contributed by atoms with Crippen LogP contribution in [-0.4, -0.2) is 44.0 Å². The van der Waals surface area contributed by atoms with Crippen LogP contribution < -0.4 is 10.6 Å². The molecule has 5 nitrogen and oxygen atoms in total. The molecule has 1 aliphatic carbocycles. The predicted molar refractivity (Wildman–Crippen MR) is 119 cm³/mol. The molecular weight excluding hydrogens is 477 g/mol. The van der Waals surface area contributed by atoms with Crippen LogP contribution in [-0.2, 0) is 4.79 Å². The van der Waals surface area contributed by atoms with Crippen LogP contribution in [0.2, 0.25) is 0 Å². The normalized spacial score (nSPS) is 16.1. The summed E-state index contributed by atoms with van der Waals surface area (Å²) in [6.45, 7) is 2.65. The number of nitrogens with zero attached hydrogens (tertiary/aromatic N) is 2. The Morgan fingerprint density at radius 2 is 1.89 bits per heavy atom. The van der Waals surface area contributed by atoms with Gasteiger partial charge in [0.15, 0.2) is 17.6 Å². The zero-order valence-corrected chi connectivity index (χ0v) is 19.1. The first kappa shape index (κ1) is 24.6. The molecule has 1 amide bonds. The number of guanidine groups is 1. The number of carbonyl (C=O) groups excluding carboxylic acids is 1. The van der Waals surface area contributed by atoms with E-state index in [1.54, 1.807) is 20.2 Å². The number of rotatable bonds is 6. The van der Waals surface area contributed by atoms with Crippen molar-refractivity contribution in [3.05, 3.63) is 35.4 Å². The maximum absolute atomic E-state index is 13.5. The number of likely N-dealkylation sites (N-methyl/N-ethyl adjacent to an activating group) is 1. The largest absolute Gasteiger partial charge is 0.356 e. The molecule has 0 aromatic heterocycles. The van der Waals surface area contributed by atoms with Gasteiger partial charge in [-0.3, -0.25) is 4.79 Å². The second-order valence-corrected chi connectivity index (χ2v) is 7.38. The smallest absolute Gasteiger partial charge is 0.243 e. The molecule has 1 fully saturated rings. The summed E-state index contributed by atoms with van der Waals surface area (Å²) in [7, 11) is 3.37. The zero-order chi connectivity index (χ0) is 19.8. The fourth-order valence-electron chi connectivity index (χ4n) is 3.14. The van der Waals surface area contributed by atoms with Crippen molar-refractivity contribution in [3.8, 4) is 0 Å². The van der Waals surface area contributed by atoms with Gasteiger partial charge in [0.1, 0.15) is 6.54 Å².